The third-order valence-corrected chi connectivity index (χ3v) is 3.77. The molecule has 0 bridgehead atoms. The van der Waals surface area contributed by atoms with Crippen LogP contribution in [-0.2, 0) is 0 Å². The van der Waals surface area contributed by atoms with Crippen LogP contribution in [-0.4, -0.2) is 23.1 Å². The summed E-state index contributed by atoms with van der Waals surface area (Å²) in [6.45, 7) is 2.22. The summed E-state index contributed by atoms with van der Waals surface area (Å²) in [5, 5.41) is 3.39. The van der Waals surface area contributed by atoms with Crippen molar-refractivity contribution in [2.24, 2.45) is 5.92 Å². The Hall–Kier alpha value is -1.52. The maximum Gasteiger partial charge on any atom is 0.295 e. The van der Waals surface area contributed by atoms with Crippen LogP contribution in [0.1, 0.15) is 39.0 Å². The molecule has 2 N–H and O–H groups in total. The highest BCUT2D eigenvalue weighted by atomic mass is 16.5. The summed E-state index contributed by atoms with van der Waals surface area (Å²) in [7, 11) is 1.50. The van der Waals surface area contributed by atoms with Crippen LogP contribution in [0.3, 0.4) is 0 Å². The van der Waals surface area contributed by atoms with E-state index in [0.717, 1.165) is 12.8 Å². The van der Waals surface area contributed by atoms with Gasteiger partial charge in [-0.2, -0.15) is 0 Å². The van der Waals surface area contributed by atoms with Crippen molar-refractivity contribution in [2.45, 2.75) is 45.1 Å². The topological polar surface area (TPSA) is 67.0 Å². The standard InChI is InChI=1S/C13H21N3O2/c1-3-9-6-4-5-7-10(9)16-12-11(18-2)13(17)15-8-14-12/h8-10H,3-7H2,1-2H3,(H2,14,15,16,17). The number of methoxy groups -OCH3 is 1. The number of aromatic amines is 1. The minimum absolute atomic E-state index is 0.237. The SMILES string of the molecule is CCC1CCCCC1Nc1nc[nH]c(=O)c1OC. The average Bonchev–Trinajstić information content (AvgIpc) is 2.40. The molecule has 1 aromatic rings. The van der Waals surface area contributed by atoms with Gasteiger partial charge in [0.2, 0.25) is 5.75 Å². The van der Waals surface area contributed by atoms with Crippen LogP contribution in [0.5, 0.6) is 5.75 Å². The first-order valence-corrected chi connectivity index (χ1v) is 6.64. The highest BCUT2D eigenvalue weighted by molar-refractivity contribution is 5.48. The maximum atomic E-state index is 11.6. The molecule has 1 fully saturated rings. The van der Waals surface area contributed by atoms with Crippen molar-refractivity contribution in [3.05, 3.63) is 16.7 Å². The van der Waals surface area contributed by atoms with E-state index in [1.165, 1.54) is 32.7 Å². The molecule has 100 valence electrons. The zero-order valence-corrected chi connectivity index (χ0v) is 11.0. The lowest BCUT2D eigenvalue weighted by molar-refractivity contribution is 0.315. The van der Waals surface area contributed by atoms with Gasteiger partial charge >= 0.3 is 0 Å². The molecule has 1 aromatic heterocycles. The van der Waals surface area contributed by atoms with E-state index >= 15 is 0 Å². The summed E-state index contributed by atoms with van der Waals surface area (Å²) in [5.74, 6) is 1.49. The van der Waals surface area contributed by atoms with Crippen molar-refractivity contribution in [1.29, 1.82) is 0 Å². The molecular weight excluding hydrogens is 230 g/mol. The normalized spacial score (nSPS) is 23.7. The predicted octanol–water partition coefficient (Wildman–Crippen LogP) is 2.16. The van der Waals surface area contributed by atoms with Crippen LogP contribution in [0.25, 0.3) is 0 Å². The number of nitrogens with zero attached hydrogens (tertiary/aromatic N) is 1. The van der Waals surface area contributed by atoms with Crippen molar-refractivity contribution >= 4 is 5.82 Å². The Morgan fingerprint density at radius 2 is 2.28 bits per heavy atom. The number of aromatic nitrogens is 2. The third kappa shape index (κ3) is 2.66. The summed E-state index contributed by atoms with van der Waals surface area (Å²) in [5.41, 5.74) is -0.237. The van der Waals surface area contributed by atoms with Gasteiger partial charge in [0.15, 0.2) is 5.82 Å². The van der Waals surface area contributed by atoms with Crippen LogP contribution in [0.2, 0.25) is 0 Å². The van der Waals surface area contributed by atoms with Crippen LogP contribution in [0.15, 0.2) is 11.1 Å². The summed E-state index contributed by atoms with van der Waals surface area (Å²) in [6.07, 6.45) is 7.49. The summed E-state index contributed by atoms with van der Waals surface area (Å²) in [4.78, 5) is 18.3. The molecule has 1 saturated carbocycles. The lowest BCUT2D eigenvalue weighted by Crippen LogP contribution is -2.33. The van der Waals surface area contributed by atoms with Gasteiger partial charge in [0, 0.05) is 6.04 Å². The average molecular weight is 251 g/mol. The molecular formula is C13H21N3O2. The van der Waals surface area contributed by atoms with Gasteiger partial charge in [-0.25, -0.2) is 4.98 Å². The molecule has 0 aromatic carbocycles. The van der Waals surface area contributed by atoms with E-state index in [4.69, 9.17) is 4.74 Å². The molecule has 5 nitrogen and oxygen atoms in total. The molecule has 0 aliphatic heterocycles. The van der Waals surface area contributed by atoms with Gasteiger partial charge in [0.25, 0.3) is 5.56 Å². The Morgan fingerprint density at radius 1 is 1.50 bits per heavy atom. The Balaban J connectivity index is 2.17. The van der Waals surface area contributed by atoms with Gasteiger partial charge in [-0.1, -0.05) is 26.2 Å². The largest absolute Gasteiger partial charge is 0.489 e. The number of anilines is 1. The second-order valence-electron chi connectivity index (χ2n) is 4.82. The lowest BCUT2D eigenvalue weighted by Gasteiger charge is -2.32. The van der Waals surface area contributed by atoms with Crippen molar-refractivity contribution in [1.82, 2.24) is 9.97 Å². The van der Waals surface area contributed by atoms with E-state index in [9.17, 15) is 4.79 Å². The molecule has 1 aliphatic rings. The minimum atomic E-state index is -0.237. The minimum Gasteiger partial charge on any atom is -0.489 e. The van der Waals surface area contributed by atoms with Gasteiger partial charge in [-0.05, 0) is 18.8 Å². The molecule has 2 rings (SSSR count). The van der Waals surface area contributed by atoms with E-state index < -0.39 is 0 Å². The van der Waals surface area contributed by atoms with E-state index in [2.05, 4.69) is 22.2 Å². The van der Waals surface area contributed by atoms with Gasteiger partial charge in [0.1, 0.15) is 0 Å². The highest BCUT2D eigenvalue weighted by Gasteiger charge is 2.25. The van der Waals surface area contributed by atoms with E-state index in [-0.39, 0.29) is 11.3 Å². The third-order valence-electron chi connectivity index (χ3n) is 3.77. The molecule has 2 atom stereocenters. The predicted molar refractivity (Wildman–Crippen MR) is 71.1 cm³/mol. The van der Waals surface area contributed by atoms with E-state index in [1.807, 2.05) is 0 Å². The number of hydrogen-bond acceptors (Lipinski definition) is 4. The molecule has 0 saturated heterocycles. The first-order chi connectivity index (χ1) is 8.76. The van der Waals surface area contributed by atoms with Crippen LogP contribution < -0.4 is 15.6 Å². The molecule has 1 heterocycles. The quantitative estimate of drug-likeness (QED) is 0.860. The first-order valence-electron chi connectivity index (χ1n) is 6.64. The number of hydrogen-bond donors (Lipinski definition) is 2. The van der Waals surface area contributed by atoms with Crippen LogP contribution in [0.4, 0.5) is 5.82 Å². The van der Waals surface area contributed by atoms with E-state index in [1.54, 1.807) is 0 Å². The summed E-state index contributed by atoms with van der Waals surface area (Å²) in [6, 6.07) is 0.395. The number of rotatable bonds is 4. The van der Waals surface area contributed by atoms with Gasteiger partial charge in [-0.3, -0.25) is 4.79 Å². The molecule has 18 heavy (non-hydrogen) atoms. The zero-order chi connectivity index (χ0) is 13.0. The molecule has 2 unspecified atom stereocenters. The zero-order valence-electron chi connectivity index (χ0n) is 11.0. The second-order valence-corrected chi connectivity index (χ2v) is 4.82. The van der Waals surface area contributed by atoms with E-state index in [0.29, 0.717) is 17.8 Å². The summed E-state index contributed by atoms with van der Waals surface area (Å²) < 4.78 is 5.12. The van der Waals surface area contributed by atoms with Crippen molar-refractivity contribution < 1.29 is 4.74 Å². The fraction of sp³-hybridized carbons (Fsp3) is 0.692. The van der Waals surface area contributed by atoms with Crippen molar-refractivity contribution in [2.75, 3.05) is 12.4 Å². The Bertz CT molecular complexity index is 444. The van der Waals surface area contributed by atoms with Crippen LogP contribution >= 0.6 is 0 Å². The second kappa shape index (κ2) is 5.89. The Labute approximate surface area is 107 Å². The number of H-pyrrole nitrogens is 1. The van der Waals surface area contributed by atoms with Crippen molar-refractivity contribution in [3.63, 3.8) is 0 Å². The van der Waals surface area contributed by atoms with Gasteiger partial charge in [-0.15, -0.1) is 0 Å². The smallest absolute Gasteiger partial charge is 0.295 e. The van der Waals surface area contributed by atoms with Gasteiger partial charge in [0.05, 0.1) is 13.4 Å². The molecule has 5 heteroatoms. The molecule has 0 spiro atoms. The molecule has 1 aliphatic carbocycles. The number of ether oxygens (including phenoxy) is 1. The van der Waals surface area contributed by atoms with Gasteiger partial charge < -0.3 is 15.0 Å². The molecule has 0 amide bonds. The fourth-order valence-corrected chi connectivity index (χ4v) is 2.74. The maximum absolute atomic E-state index is 11.6. The summed E-state index contributed by atoms with van der Waals surface area (Å²) >= 11 is 0. The molecule has 0 radical (unpaired) electrons. The Kier molecular flexibility index (Phi) is 4.23. The number of nitrogens with one attached hydrogen (secondary N) is 2. The fourth-order valence-electron chi connectivity index (χ4n) is 2.74. The lowest BCUT2D eigenvalue weighted by atomic mass is 9.83. The van der Waals surface area contributed by atoms with Crippen molar-refractivity contribution in [3.8, 4) is 5.75 Å². The Morgan fingerprint density at radius 3 is 3.00 bits per heavy atom. The van der Waals surface area contributed by atoms with Crippen LogP contribution in [0, 0.1) is 5.92 Å². The highest BCUT2D eigenvalue weighted by Crippen LogP contribution is 2.30. The monoisotopic (exact) mass is 251 g/mol. The first kappa shape index (κ1) is 12.9.